The van der Waals surface area contributed by atoms with E-state index < -0.39 is 10.5 Å². The molecule has 1 aliphatic heterocycles. The van der Waals surface area contributed by atoms with Gasteiger partial charge in [0.1, 0.15) is 5.75 Å². The topological polar surface area (TPSA) is 66.8 Å². The Labute approximate surface area is 131 Å². The zero-order valence-electron chi connectivity index (χ0n) is 12.7. The number of aliphatic hydroxyl groups is 1. The maximum Gasteiger partial charge on any atom is 0.488 e. The van der Waals surface area contributed by atoms with Gasteiger partial charge in [0.25, 0.3) is 0 Å². The van der Waals surface area contributed by atoms with Gasteiger partial charge in [0, 0.05) is 25.1 Å². The van der Waals surface area contributed by atoms with Crippen molar-refractivity contribution in [1.82, 2.24) is 4.90 Å². The molecule has 1 atom stereocenters. The fourth-order valence-electron chi connectivity index (χ4n) is 3.00. The average Bonchev–Trinajstić information content (AvgIpc) is 2.48. The summed E-state index contributed by atoms with van der Waals surface area (Å²) >= 11 is 0. The molecule has 1 saturated heterocycles. The molecule has 0 aliphatic carbocycles. The lowest BCUT2D eigenvalue weighted by molar-refractivity contribution is 0.0258. The van der Waals surface area contributed by atoms with Crippen LogP contribution in [0.3, 0.4) is 0 Å². The second-order valence-corrected chi connectivity index (χ2v) is 6.90. The van der Waals surface area contributed by atoms with Crippen LogP contribution in [0.15, 0.2) is 24.3 Å². The van der Waals surface area contributed by atoms with Gasteiger partial charge in [0.05, 0.1) is 0 Å². The first-order chi connectivity index (χ1) is 10.4. The summed E-state index contributed by atoms with van der Waals surface area (Å²) in [7, 11) is -4.98. The predicted octanol–water partition coefficient (Wildman–Crippen LogP) is 2.26. The van der Waals surface area contributed by atoms with Gasteiger partial charge >= 0.3 is 10.5 Å². The molecule has 5 nitrogen and oxygen atoms in total. The Bertz CT molecular complexity index is 584. The minimum absolute atomic E-state index is 0.0242. The highest BCUT2D eigenvalue weighted by molar-refractivity contribution is 7.81. The van der Waals surface area contributed by atoms with Crippen molar-refractivity contribution in [3.8, 4) is 5.75 Å². The number of piperidine rings is 1. The van der Waals surface area contributed by atoms with Gasteiger partial charge in [0.15, 0.2) is 0 Å². The van der Waals surface area contributed by atoms with Crippen LogP contribution in [0.1, 0.15) is 31.7 Å². The Balaban J connectivity index is 1.99. The van der Waals surface area contributed by atoms with E-state index in [1.807, 2.05) is 0 Å². The van der Waals surface area contributed by atoms with Crippen LogP contribution in [0, 0.1) is 5.41 Å². The molecule has 0 aromatic heterocycles. The van der Waals surface area contributed by atoms with Crippen molar-refractivity contribution in [3.05, 3.63) is 29.8 Å². The Kier molecular flexibility index (Phi) is 5.41. The quantitative estimate of drug-likeness (QED) is 0.810. The van der Waals surface area contributed by atoms with Crippen LogP contribution in [0.4, 0.5) is 3.89 Å². The van der Waals surface area contributed by atoms with Crippen molar-refractivity contribution in [2.24, 2.45) is 5.41 Å². The fraction of sp³-hybridized carbons (Fsp3) is 0.600. The molecule has 0 bridgehead atoms. The molecule has 1 N–H and O–H groups in total. The lowest BCUT2D eigenvalue weighted by Gasteiger charge is -2.41. The second kappa shape index (κ2) is 6.93. The number of hydrogen-bond donors (Lipinski definition) is 1. The largest absolute Gasteiger partial charge is 0.488 e. The lowest BCUT2D eigenvalue weighted by atomic mass is 9.78. The van der Waals surface area contributed by atoms with Gasteiger partial charge in [-0.3, -0.25) is 4.90 Å². The lowest BCUT2D eigenvalue weighted by Crippen LogP contribution is -2.44. The summed E-state index contributed by atoms with van der Waals surface area (Å²) in [6, 6.07) is 6.33. The SMILES string of the molecule is CCC1(CO)CCCN(Cc2ccc(OS(=O)(=O)F)cc2)C1. The molecule has 0 saturated carbocycles. The third-order valence-electron chi connectivity index (χ3n) is 4.35. The van der Waals surface area contributed by atoms with Crippen LogP contribution in [-0.4, -0.2) is 38.1 Å². The summed E-state index contributed by atoms with van der Waals surface area (Å²) in [5.74, 6) is -0.0387. The van der Waals surface area contributed by atoms with E-state index >= 15 is 0 Å². The van der Waals surface area contributed by atoms with Crippen molar-refractivity contribution in [2.75, 3.05) is 19.7 Å². The molecule has 22 heavy (non-hydrogen) atoms. The third kappa shape index (κ3) is 4.66. The molecule has 124 valence electrons. The summed E-state index contributed by atoms with van der Waals surface area (Å²) in [6.07, 6.45) is 3.04. The minimum atomic E-state index is -4.98. The monoisotopic (exact) mass is 331 g/mol. The number of rotatable bonds is 6. The zero-order valence-corrected chi connectivity index (χ0v) is 13.5. The standard InChI is InChI=1S/C15H22FNO4S/c1-2-15(12-18)8-3-9-17(11-15)10-13-4-6-14(7-5-13)21-22(16,19)20/h4-7,18H,2-3,8-12H2,1H3. The van der Waals surface area contributed by atoms with E-state index in [9.17, 15) is 17.4 Å². The summed E-state index contributed by atoms with van der Waals surface area (Å²) in [4.78, 5) is 2.28. The van der Waals surface area contributed by atoms with E-state index in [1.165, 1.54) is 12.1 Å². The number of halogens is 1. The minimum Gasteiger partial charge on any atom is -0.396 e. The van der Waals surface area contributed by atoms with Crippen molar-refractivity contribution in [3.63, 3.8) is 0 Å². The van der Waals surface area contributed by atoms with E-state index in [-0.39, 0.29) is 17.8 Å². The number of hydrogen-bond acceptors (Lipinski definition) is 5. The van der Waals surface area contributed by atoms with Crippen LogP contribution in [0.25, 0.3) is 0 Å². The molecule has 7 heteroatoms. The molecule has 1 heterocycles. The van der Waals surface area contributed by atoms with Crippen molar-refractivity contribution >= 4 is 10.5 Å². The molecule has 0 amide bonds. The van der Waals surface area contributed by atoms with Crippen LogP contribution in [0.2, 0.25) is 0 Å². The Morgan fingerprint density at radius 2 is 2.05 bits per heavy atom. The smallest absolute Gasteiger partial charge is 0.396 e. The highest BCUT2D eigenvalue weighted by atomic mass is 32.3. The molecule has 2 rings (SSSR count). The number of nitrogens with zero attached hydrogens (tertiary/aromatic N) is 1. The molecular formula is C15H22FNO4S. The van der Waals surface area contributed by atoms with E-state index in [0.717, 1.165) is 37.9 Å². The van der Waals surface area contributed by atoms with E-state index in [1.54, 1.807) is 12.1 Å². The highest BCUT2D eigenvalue weighted by Gasteiger charge is 2.33. The average molecular weight is 331 g/mol. The summed E-state index contributed by atoms with van der Waals surface area (Å²) < 4.78 is 37.4. The van der Waals surface area contributed by atoms with Crippen molar-refractivity contribution in [2.45, 2.75) is 32.7 Å². The normalized spacial score (nSPS) is 23.4. The summed E-state index contributed by atoms with van der Waals surface area (Å²) in [5, 5.41) is 9.63. The zero-order chi connectivity index (χ0) is 16.2. The molecule has 1 aromatic carbocycles. The van der Waals surface area contributed by atoms with Gasteiger partial charge in [-0.25, -0.2) is 0 Å². The maximum absolute atomic E-state index is 12.4. The van der Waals surface area contributed by atoms with E-state index in [2.05, 4.69) is 16.0 Å². The van der Waals surface area contributed by atoms with Crippen molar-refractivity contribution < 1.29 is 21.6 Å². The van der Waals surface area contributed by atoms with Gasteiger partial charge < -0.3 is 9.29 Å². The molecule has 1 fully saturated rings. The Hall–Kier alpha value is -1.18. The van der Waals surface area contributed by atoms with Crippen LogP contribution < -0.4 is 4.18 Å². The highest BCUT2D eigenvalue weighted by Crippen LogP contribution is 2.33. The predicted molar refractivity (Wildman–Crippen MR) is 81.4 cm³/mol. The first-order valence-corrected chi connectivity index (χ1v) is 8.73. The van der Waals surface area contributed by atoms with Gasteiger partial charge in [-0.05, 0) is 43.5 Å². The third-order valence-corrected chi connectivity index (χ3v) is 4.74. The molecule has 1 aromatic rings. The fourth-order valence-corrected chi connectivity index (χ4v) is 3.34. The maximum atomic E-state index is 12.4. The van der Waals surface area contributed by atoms with Gasteiger partial charge in [-0.2, -0.15) is 8.42 Å². The van der Waals surface area contributed by atoms with E-state index in [0.29, 0.717) is 6.54 Å². The van der Waals surface area contributed by atoms with Crippen LogP contribution >= 0.6 is 0 Å². The molecule has 1 unspecified atom stereocenters. The van der Waals surface area contributed by atoms with Crippen LogP contribution in [-0.2, 0) is 17.0 Å². The molecule has 0 radical (unpaired) electrons. The number of benzene rings is 1. The van der Waals surface area contributed by atoms with E-state index in [4.69, 9.17) is 0 Å². The number of aliphatic hydroxyl groups excluding tert-OH is 1. The number of likely N-dealkylation sites (tertiary alicyclic amines) is 1. The first kappa shape index (κ1) is 17.2. The summed E-state index contributed by atoms with van der Waals surface area (Å²) in [6.45, 7) is 4.82. The van der Waals surface area contributed by atoms with Crippen LogP contribution in [0.5, 0.6) is 5.75 Å². The van der Waals surface area contributed by atoms with Crippen molar-refractivity contribution in [1.29, 1.82) is 0 Å². The summed E-state index contributed by atoms with van der Waals surface area (Å²) in [5.41, 5.74) is 0.970. The Morgan fingerprint density at radius 1 is 1.36 bits per heavy atom. The first-order valence-electron chi connectivity index (χ1n) is 7.42. The van der Waals surface area contributed by atoms with Gasteiger partial charge in [0.2, 0.25) is 0 Å². The van der Waals surface area contributed by atoms with Gasteiger partial charge in [-0.1, -0.05) is 22.9 Å². The van der Waals surface area contributed by atoms with Gasteiger partial charge in [-0.15, -0.1) is 0 Å². The Morgan fingerprint density at radius 3 is 2.59 bits per heavy atom. The second-order valence-electron chi connectivity index (χ2n) is 5.95. The molecular weight excluding hydrogens is 309 g/mol. The molecule has 0 spiro atoms. The molecule has 1 aliphatic rings.